The quantitative estimate of drug-likeness (QED) is 0.782. The third-order valence-electron chi connectivity index (χ3n) is 2.94. The van der Waals surface area contributed by atoms with E-state index in [1.54, 1.807) is 26.6 Å². The molecule has 0 aliphatic carbocycles. The van der Waals surface area contributed by atoms with E-state index >= 15 is 0 Å². The molecule has 3 nitrogen and oxygen atoms in total. The highest BCUT2D eigenvalue weighted by atomic mass is 35.5. The van der Waals surface area contributed by atoms with Gasteiger partial charge in [-0.05, 0) is 36.2 Å². The number of aromatic nitrogens is 1. The van der Waals surface area contributed by atoms with Crippen LogP contribution in [0.2, 0.25) is 0 Å². The molecule has 2 rings (SSSR count). The maximum Gasteiger partial charge on any atom is 0.127 e. The van der Waals surface area contributed by atoms with Crippen molar-refractivity contribution in [1.29, 1.82) is 0 Å². The molecule has 0 saturated carbocycles. The number of hydrogen-bond donors (Lipinski definition) is 0. The Morgan fingerprint density at radius 3 is 2.16 bits per heavy atom. The van der Waals surface area contributed by atoms with Crippen LogP contribution in [0, 0.1) is 0 Å². The highest BCUT2D eigenvalue weighted by Gasteiger charge is 2.19. The molecule has 1 aromatic carbocycles. The molecule has 0 aliphatic heterocycles. The van der Waals surface area contributed by atoms with Crippen LogP contribution in [0.3, 0.4) is 0 Å². The Morgan fingerprint density at radius 1 is 1.05 bits per heavy atom. The van der Waals surface area contributed by atoms with E-state index in [-0.39, 0.29) is 5.38 Å². The van der Waals surface area contributed by atoms with Gasteiger partial charge in [-0.25, -0.2) is 0 Å². The number of rotatable bonds is 5. The lowest BCUT2D eigenvalue weighted by molar-refractivity contribution is 0.384. The maximum atomic E-state index is 6.53. The Bertz CT molecular complexity index is 509. The van der Waals surface area contributed by atoms with E-state index in [2.05, 4.69) is 4.98 Å². The normalized spacial score (nSPS) is 11.9. The van der Waals surface area contributed by atoms with Crippen molar-refractivity contribution in [3.05, 3.63) is 53.9 Å². The van der Waals surface area contributed by atoms with Crippen LogP contribution in [0.15, 0.2) is 42.7 Å². The molecule has 0 fully saturated rings. The molecule has 0 radical (unpaired) electrons. The van der Waals surface area contributed by atoms with Crippen LogP contribution in [0.5, 0.6) is 11.5 Å². The zero-order chi connectivity index (χ0) is 13.7. The van der Waals surface area contributed by atoms with Crippen LogP contribution in [-0.4, -0.2) is 19.2 Å². The van der Waals surface area contributed by atoms with Gasteiger partial charge in [0.15, 0.2) is 0 Å². The van der Waals surface area contributed by atoms with E-state index in [0.717, 1.165) is 22.6 Å². The SMILES string of the molecule is COc1cccc(OC)c1C(Cl)Cc1ccncc1. The van der Waals surface area contributed by atoms with Crippen LogP contribution in [0.4, 0.5) is 0 Å². The topological polar surface area (TPSA) is 31.4 Å². The largest absolute Gasteiger partial charge is 0.496 e. The molecule has 19 heavy (non-hydrogen) atoms. The molecule has 100 valence electrons. The van der Waals surface area contributed by atoms with Gasteiger partial charge in [-0.1, -0.05) is 6.07 Å². The van der Waals surface area contributed by atoms with Crippen molar-refractivity contribution >= 4 is 11.6 Å². The first kappa shape index (κ1) is 13.7. The lowest BCUT2D eigenvalue weighted by Crippen LogP contribution is -2.02. The monoisotopic (exact) mass is 277 g/mol. The van der Waals surface area contributed by atoms with E-state index in [4.69, 9.17) is 21.1 Å². The summed E-state index contributed by atoms with van der Waals surface area (Å²) in [6.45, 7) is 0. The first-order valence-electron chi connectivity index (χ1n) is 6.00. The Morgan fingerprint density at radius 2 is 1.63 bits per heavy atom. The van der Waals surface area contributed by atoms with E-state index in [0.29, 0.717) is 6.42 Å². The third-order valence-corrected chi connectivity index (χ3v) is 3.32. The maximum absolute atomic E-state index is 6.53. The van der Waals surface area contributed by atoms with Crippen LogP contribution >= 0.6 is 11.6 Å². The van der Waals surface area contributed by atoms with Gasteiger partial charge in [0.1, 0.15) is 11.5 Å². The molecule has 0 aliphatic rings. The zero-order valence-electron chi connectivity index (χ0n) is 11.0. The minimum absolute atomic E-state index is 0.214. The summed E-state index contributed by atoms with van der Waals surface area (Å²) in [7, 11) is 3.27. The van der Waals surface area contributed by atoms with Crippen LogP contribution < -0.4 is 9.47 Å². The molecule has 1 heterocycles. The summed E-state index contributed by atoms with van der Waals surface area (Å²) in [5, 5.41) is -0.214. The number of alkyl halides is 1. The van der Waals surface area contributed by atoms with Crippen LogP contribution in [0.25, 0.3) is 0 Å². The molecule has 4 heteroatoms. The van der Waals surface area contributed by atoms with Crippen molar-refractivity contribution in [3.63, 3.8) is 0 Å². The van der Waals surface area contributed by atoms with Crippen LogP contribution in [-0.2, 0) is 6.42 Å². The van der Waals surface area contributed by atoms with Gasteiger partial charge in [-0.15, -0.1) is 11.6 Å². The van der Waals surface area contributed by atoms with Gasteiger partial charge >= 0.3 is 0 Å². The standard InChI is InChI=1S/C15H16ClNO2/c1-18-13-4-3-5-14(19-2)15(13)12(16)10-11-6-8-17-9-7-11/h3-9,12H,10H2,1-2H3. The van der Waals surface area contributed by atoms with E-state index in [1.807, 2.05) is 30.3 Å². The Hall–Kier alpha value is -1.74. The molecule has 0 saturated heterocycles. The van der Waals surface area contributed by atoms with Crippen molar-refractivity contribution in [2.45, 2.75) is 11.8 Å². The van der Waals surface area contributed by atoms with Gasteiger partial charge in [0, 0.05) is 12.4 Å². The van der Waals surface area contributed by atoms with Crippen molar-refractivity contribution < 1.29 is 9.47 Å². The molecule has 1 unspecified atom stereocenters. The fraction of sp³-hybridized carbons (Fsp3) is 0.267. The summed E-state index contributed by atoms with van der Waals surface area (Å²) in [5.74, 6) is 1.49. The fourth-order valence-corrected chi connectivity index (χ4v) is 2.41. The minimum Gasteiger partial charge on any atom is -0.496 e. The van der Waals surface area contributed by atoms with Gasteiger partial charge in [0.2, 0.25) is 0 Å². The summed E-state index contributed by atoms with van der Waals surface area (Å²) >= 11 is 6.53. The lowest BCUT2D eigenvalue weighted by atomic mass is 10.0. The summed E-state index contributed by atoms with van der Waals surface area (Å²) in [6.07, 6.45) is 4.22. The molecule has 1 aromatic heterocycles. The molecule has 0 amide bonds. The second-order valence-electron chi connectivity index (χ2n) is 4.10. The Kier molecular flexibility index (Phi) is 4.63. The second-order valence-corrected chi connectivity index (χ2v) is 4.63. The minimum atomic E-state index is -0.214. The van der Waals surface area contributed by atoms with Crippen molar-refractivity contribution in [1.82, 2.24) is 4.98 Å². The van der Waals surface area contributed by atoms with E-state index in [1.165, 1.54) is 0 Å². The third kappa shape index (κ3) is 3.18. The predicted molar refractivity (Wildman–Crippen MR) is 76.1 cm³/mol. The average Bonchev–Trinajstić information content (AvgIpc) is 2.47. The first-order chi connectivity index (χ1) is 9.26. The molecule has 0 bridgehead atoms. The number of ether oxygens (including phenoxy) is 2. The van der Waals surface area contributed by atoms with Gasteiger partial charge in [-0.2, -0.15) is 0 Å². The van der Waals surface area contributed by atoms with Crippen LogP contribution in [0.1, 0.15) is 16.5 Å². The predicted octanol–water partition coefficient (Wildman–Crippen LogP) is 3.62. The molecular weight excluding hydrogens is 262 g/mol. The summed E-state index contributed by atoms with van der Waals surface area (Å²) in [5.41, 5.74) is 2.01. The summed E-state index contributed by atoms with van der Waals surface area (Å²) in [6, 6.07) is 9.57. The fourth-order valence-electron chi connectivity index (χ4n) is 2.02. The molecule has 0 spiro atoms. The summed E-state index contributed by atoms with van der Waals surface area (Å²) in [4.78, 5) is 4.00. The average molecular weight is 278 g/mol. The Labute approximate surface area is 118 Å². The molecule has 0 N–H and O–H groups in total. The molecule has 1 atom stereocenters. The highest BCUT2D eigenvalue weighted by Crippen LogP contribution is 2.38. The number of benzene rings is 1. The van der Waals surface area contributed by atoms with E-state index < -0.39 is 0 Å². The van der Waals surface area contributed by atoms with Gasteiger partial charge in [-0.3, -0.25) is 4.98 Å². The zero-order valence-corrected chi connectivity index (χ0v) is 11.7. The van der Waals surface area contributed by atoms with Crippen molar-refractivity contribution in [2.24, 2.45) is 0 Å². The highest BCUT2D eigenvalue weighted by molar-refractivity contribution is 6.21. The second kappa shape index (κ2) is 6.43. The van der Waals surface area contributed by atoms with Gasteiger partial charge < -0.3 is 9.47 Å². The van der Waals surface area contributed by atoms with Crippen molar-refractivity contribution in [3.8, 4) is 11.5 Å². The van der Waals surface area contributed by atoms with Crippen molar-refractivity contribution in [2.75, 3.05) is 14.2 Å². The number of hydrogen-bond acceptors (Lipinski definition) is 3. The number of nitrogens with zero attached hydrogens (tertiary/aromatic N) is 1. The van der Waals surface area contributed by atoms with Gasteiger partial charge in [0.25, 0.3) is 0 Å². The number of methoxy groups -OCH3 is 2. The van der Waals surface area contributed by atoms with E-state index in [9.17, 15) is 0 Å². The smallest absolute Gasteiger partial charge is 0.127 e. The molecular formula is C15H16ClNO2. The Balaban J connectivity index is 2.30. The summed E-state index contributed by atoms with van der Waals surface area (Å²) < 4.78 is 10.7. The first-order valence-corrected chi connectivity index (χ1v) is 6.43. The molecule has 2 aromatic rings. The van der Waals surface area contributed by atoms with Gasteiger partial charge in [0.05, 0.1) is 25.2 Å². The number of halogens is 1. The lowest BCUT2D eigenvalue weighted by Gasteiger charge is -2.17. The number of pyridine rings is 1.